The third-order valence-electron chi connectivity index (χ3n) is 2.42. The molecule has 0 atom stereocenters. The molecule has 7 heteroatoms. The Balaban J connectivity index is 2.72. The number of halogens is 3. The minimum absolute atomic E-state index is 0.197. The fraction of sp³-hybridized carbons (Fsp3) is 0.364. The van der Waals surface area contributed by atoms with Crippen molar-refractivity contribution >= 4 is 11.6 Å². The van der Waals surface area contributed by atoms with Crippen LogP contribution in [0.3, 0.4) is 0 Å². The van der Waals surface area contributed by atoms with Crippen molar-refractivity contribution in [2.24, 2.45) is 5.84 Å². The number of alkyl halides is 3. The van der Waals surface area contributed by atoms with Crippen LogP contribution in [0.1, 0.15) is 18.1 Å². The van der Waals surface area contributed by atoms with E-state index in [0.29, 0.717) is 11.3 Å². The number of amides is 1. The summed E-state index contributed by atoms with van der Waals surface area (Å²) in [6.07, 6.45) is -4.12. The number of anilines is 1. The van der Waals surface area contributed by atoms with Crippen LogP contribution in [0.4, 0.5) is 18.9 Å². The number of carbonyl (C=O) groups is 1. The molecule has 18 heavy (non-hydrogen) atoms. The number of carbonyl (C=O) groups excluding carboxylic acids is 1. The van der Waals surface area contributed by atoms with E-state index in [2.05, 4.69) is 5.43 Å². The second kappa shape index (κ2) is 5.72. The van der Waals surface area contributed by atoms with Gasteiger partial charge in [-0.05, 0) is 23.6 Å². The first-order valence-electron chi connectivity index (χ1n) is 5.32. The van der Waals surface area contributed by atoms with Crippen LogP contribution in [0.15, 0.2) is 18.2 Å². The predicted molar refractivity (Wildman–Crippen MR) is 61.5 cm³/mol. The van der Waals surface area contributed by atoms with E-state index in [9.17, 15) is 18.0 Å². The van der Waals surface area contributed by atoms with E-state index < -0.39 is 12.1 Å². The summed E-state index contributed by atoms with van der Waals surface area (Å²) < 4.78 is 35.9. The van der Waals surface area contributed by atoms with Gasteiger partial charge in [0.2, 0.25) is 0 Å². The Morgan fingerprint density at radius 1 is 1.39 bits per heavy atom. The molecule has 1 rings (SSSR count). The molecule has 0 aliphatic heterocycles. The highest BCUT2D eigenvalue weighted by atomic mass is 19.4. The lowest BCUT2D eigenvalue weighted by Crippen LogP contribution is -2.36. The minimum Gasteiger partial charge on any atom is -0.344 e. The predicted octanol–water partition coefficient (Wildman–Crippen LogP) is 1.71. The van der Waals surface area contributed by atoms with Crippen molar-refractivity contribution in [2.75, 3.05) is 5.43 Å². The molecule has 1 aromatic rings. The van der Waals surface area contributed by atoms with Gasteiger partial charge >= 0.3 is 12.1 Å². The van der Waals surface area contributed by atoms with Crippen LogP contribution in [-0.2, 0) is 17.8 Å². The topological polar surface area (TPSA) is 67.2 Å². The number of hydrogen-bond acceptors (Lipinski definition) is 3. The number of rotatable bonds is 4. The quantitative estimate of drug-likeness (QED) is 0.571. The molecule has 0 aliphatic rings. The maximum Gasteiger partial charge on any atom is 0.471 e. The van der Waals surface area contributed by atoms with Crippen LogP contribution >= 0.6 is 0 Å². The highest BCUT2D eigenvalue weighted by Crippen LogP contribution is 2.18. The summed E-state index contributed by atoms with van der Waals surface area (Å²) in [5.74, 6) is 3.35. The van der Waals surface area contributed by atoms with Crippen molar-refractivity contribution in [2.45, 2.75) is 26.1 Å². The summed E-state index contributed by atoms with van der Waals surface area (Å²) in [6.45, 7) is 1.73. The molecule has 0 unspecified atom stereocenters. The number of nitrogens with two attached hydrogens (primary N) is 1. The maximum atomic E-state index is 12.0. The fourth-order valence-electron chi connectivity index (χ4n) is 1.46. The van der Waals surface area contributed by atoms with Crippen LogP contribution in [0.2, 0.25) is 0 Å². The van der Waals surface area contributed by atoms with E-state index in [1.54, 1.807) is 23.5 Å². The van der Waals surface area contributed by atoms with E-state index in [1.165, 1.54) is 0 Å². The number of aryl methyl sites for hydroxylation is 1. The standard InChI is InChI=1S/C11H14F3N3O/c1-2-8-4-3-7(5-9(8)17-15)6-16-10(18)11(12,13)14/h3-5,17H,2,6,15H2,1H3,(H,16,18). The third kappa shape index (κ3) is 3.63. The molecular formula is C11H14F3N3O. The zero-order chi connectivity index (χ0) is 13.8. The van der Waals surface area contributed by atoms with Crippen molar-refractivity contribution in [1.82, 2.24) is 5.32 Å². The van der Waals surface area contributed by atoms with Crippen LogP contribution in [-0.4, -0.2) is 12.1 Å². The summed E-state index contributed by atoms with van der Waals surface area (Å²) in [5.41, 5.74) is 4.59. The molecule has 0 saturated carbocycles. The Morgan fingerprint density at radius 3 is 2.56 bits per heavy atom. The number of hydrogen-bond donors (Lipinski definition) is 3. The third-order valence-corrected chi connectivity index (χ3v) is 2.42. The molecule has 0 aromatic heterocycles. The van der Waals surface area contributed by atoms with Gasteiger partial charge in [-0.25, -0.2) is 0 Å². The van der Waals surface area contributed by atoms with E-state index in [4.69, 9.17) is 5.84 Å². The summed E-state index contributed by atoms with van der Waals surface area (Å²) in [6, 6.07) is 5.01. The zero-order valence-corrected chi connectivity index (χ0v) is 9.77. The lowest BCUT2D eigenvalue weighted by Gasteiger charge is -2.11. The van der Waals surface area contributed by atoms with Crippen molar-refractivity contribution < 1.29 is 18.0 Å². The molecule has 4 N–H and O–H groups in total. The monoisotopic (exact) mass is 261 g/mol. The molecule has 0 fully saturated rings. The van der Waals surface area contributed by atoms with E-state index in [1.807, 2.05) is 6.92 Å². The molecule has 0 heterocycles. The second-order valence-electron chi connectivity index (χ2n) is 3.67. The molecule has 0 aliphatic carbocycles. The van der Waals surface area contributed by atoms with E-state index in [0.717, 1.165) is 12.0 Å². The average Bonchev–Trinajstić information content (AvgIpc) is 2.34. The van der Waals surface area contributed by atoms with Gasteiger partial charge in [0, 0.05) is 6.54 Å². The Morgan fingerprint density at radius 2 is 2.06 bits per heavy atom. The maximum absolute atomic E-state index is 12.0. The average molecular weight is 261 g/mol. The van der Waals surface area contributed by atoms with Crippen molar-refractivity contribution in [3.63, 3.8) is 0 Å². The molecule has 0 saturated heterocycles. The normalized spacial score (nSPS) is 11.2. The van der Waals surface area contributed by atoms with Gasteiger partial charge < -0.3 is 10.7 Å². The summed E-state index contributed by atoms with van der Waals surface area (Å²) in [7, 11) is 0. The lowest BCUT2D eigenvalue weighted by atomic mass is 10.1. The first-order valence-corrected chi connectivity index (χ1v) is 5.32. The Kier molecular flexibility index (Phi) is 4.55. The number of nitrogens with one attached hydrogen (secondary N) is 2. The van der Waals surface area contributed by atoms with Crippen LogP contribution in [0.25, 0.3) is 0 Å². The Labute approximate surface area is 102 Å². The van der Waals surface area contributed by atoms with Gasteiger partial charge in [-0.3, -0.25) is 10.6 Å². The van der Waals surface area contributed by atoms with Gasteiger partial charge in [0.05, 0.1) is 5.69 Å². The second-order valence-corrected chi connectivity index (χ2v) is 3.67. The minimum atomic E-state index is -4.86. The summed E-state index contributed by atoms with van der Waals surface area (Å²) in [4.78, 5) is 10.6. The highest BCUT2D eigenvalue weighted by Gasteiger charge is 2.38. The number of hydrazine groups is 1. The number of nitrogen functional groups attached to an aromatic ring is 1. The molecule has 1 aromatic carbocycles. The lowest BCUT2D eigenvalue weighted by molar-refractivity contribution is -0.173. The Bertz CT molecular complexity index is 432. The molecule has 0 bridgehead atoms. The highest BCUT2D eigenvalue weighted by molar-refractivity contribution is 5.81. The largest absolute Gasteiger partial charge is 0.471 e. The van der Waals surface area contributed by atoms with Crippen molar-refractivity contribution in [3.8, 4) is 0 Å². The van der Waals surface area contributed by atoms with E-state index in [-0.39, 0.29) is 6.54 Å². The smallest absolute Gasteiger partial charge is 0.344 e. The van der Waals surface area contributed by atoms with Gasteiger partial charge in [0.1, 0.15) is 0 Å². The molecule has 0 radical (unpaired) electrons. The Hall–Kier alpha value is -1.76. The van der Waals surface area contributed by atoms with E-state index >= 15 is 0 Å². The van der Waals surface area contributed by atoms with Crippen LogP contribution < -0.4 is 16.6 Å². The molecule has 4 nitrogen and oxygen atoms in total. The van der Waals surface area contributed by atoms with Gasteiger partial charge in [0.25, 0.3) is 0 Å². The van der Waals surface area contributed by atoms with Gasteiger partial charge in [-0.1, -0.05) is 19.1 Å². The van der Waals surface area contributed by atoms with Gasteiger partial charge in [-0.15, -0.1) is 0 Å². The van der Waals surface area contributed by atoms with Crippen LogP contribution in [0.5, 0.6) is 0 Å². The SMILES string of the molecule is CCc1ccc(CNC(=O)C(F)(F)F)cc1NN. The first kappa shape index (κ1) is 14.3. The molecular weight excluding hydrogens is 247 g/mol. The van der Waals surface area contributed by atoms with Gasteiger partial charge in [0.15, 0.2) is 0 Å². The molecule has 0 spiro atoms. The fourth-order valence-corrected chi connectivity index (χ4v) is 1.46. The number of benzene rings is 1. The molecule has 1 amide bonds. The first-order chi connectivity index (χ1) is 8.38. The summed E-state index contributed by atoms with van der Waals surface area (Å²) in [5, 5.41) is 1.80. The van der Waals surface area contributed by atoms with Gasteiger partial charge in [-0.2, -0.15) is 13.2 Å². The molecule has 100 valence electrons. The zero-order valence-electron chi connectivity index (χ0n) is 9.77. The van der Waals surface area contributed by atoms with Crippen molar-refractivity contribution in [3.05, 3.63) is 29.3 Å². The van der Waals surface area contributed by atoms with Crippen molar-refractivity contribution in [1.29, 1.82) is 0 Å². The van der Waals surface area contributed by atoms with Crippen LogP contribution in [0, 0.1) is 0 Å². The summed E-state index contributed by atoms with van der Waals surface area (Å²) >= 11 is 0.